The monoisotopic (exact) mass is 332 g/mol. The van der Waals surface area contributed by atoms with Crippen LogP contribution in [0.3, 0.4) is 0 Å². The normalized spacial score (nSPS) is 42.7. The van der Waals surface area contributed by atoms with Gasteiger partial charge in [0.15, 0.2) is 0 Å². The van der Waals surface area contributed by atoms with Gasteiger partial charge in [0.1, 0.15) is 0 Å². The van der Waals surface area contributed by atoms with Crippen LogP contribution in [0.5, 0.6) is 0 Å². The lowest BCUT2D eigenvalue weighted by Gasteiger charge is -2.34. The Morgan fingerprint density at radius 1 is 0.792 bits per heavy atom. The van der Waals surface area contributed by atoms with E-state index in [1.54, 1.807) is 0 Å². The van der Waals surface area contributed by atoms with Crippen LogP contribution in [0.4, 0.5) is 4.79 Å². The van der Waals surface area contributed by atoms with E-state index in [0.29, 0.717) is 12.1 Å². The topological polar surface area (TPSA) is 38.8 Å². The molecule has 5 heteroatoms. The van der Waals surface area contributed by atoms with Gasteiger partial charge in [0.2, 0.25) is 0 Å². The molecule has 5 aliphatic rings. The number of rotatable bonds is 1. The molecule has 0 bridgehead atoms. The van der Waals surface area contributed by atoms with E-state index in [1.165, 1.54) is 64.7 Å². The second-order valence-electron chi connectivity index (χ2n) is 8.83. The maximum Gasteiger partial charge on any atom is 0.317 e. The standard InChI is InChI=1S/C19H32N4O/c24-19(20-16-7-10-21-8-3-2-6-18(16)21)23-12-14-11-22-9-4-1-5-17(22)15(14)13-23/h14-18H,1-13H2,(H,20,24)/t14-,15+,16+,17+,18+/m0/s1. The van der Waals surface area contributed by atoms with E-state index < -0.39 is 0 Å². The first-order valence-electron chi connectivity index (χ1n) is 10.3. The third-order valence-corrected chi connectivity index (χ3v) is 7.57. The molecule has 0 aliphatic carbocycles. The summed E-state index contributed by atoms with van der Waals surface area (Å²) in [6.07, 6.45) is 9.20. The van der Waals surface area contributed by atoms with E-state index in [0.717, 1.165) is 37.4 Å². The highest BCUT2D eigenvalue weighted by molar-refractivity contribution is 5.75. The molecule has 5 atom stereocenters. The van der Waals surface area contributed by atoms with Gasteiger partial charge in [-0.3, -0.25) is 9.80 Å². The Morgan fingerprint density at radius 3 is 2.46 bits per heavy atom. The number of nitrogens with zero attached hydrogens (tertiary/aromatic N) is 3. The molecule has 1 N–H and O–H groups in total. The Balaban J connectivity index is 1.19. The van der Waals surface area contributed by atoms with Gasteiger partial charge in [0, 0.05) is 44.3 Å². The number of fused-ring (bicyclic) bond motifs is 4. The van der Waals surface area contributed by atoms with E-state index in [-0.39, 0.29) is 6.03 Å². The van der Waals surface area contributed by atoms with Crippen LogP contribution in [0, 0.1) is 11.8 Å². The number of piperidine rings is 2. The SMILES string of the molecule is O=C(N[C@@H]1CCN2CCCC[C@H]12)N1C[C@@H]2CN3CCCC[C@@H]3[C@@H]2C1. The Kier molecular flexibility index (Phi) is 3.97. The Hall–Kier alpha value is -0.810. The summed E-state index contributed by atoms with van der Waals surface area (Å²) < 4.78 is 0. The molecule has 24 heavy (non-hydrogen) atoms. The van der Waals surface area contributed by atoms with Gasteiger partial charge < -0.3 is 10.2 Å². The van der Waals surface area contributed by atoms with Crippen LogP contribution in [0.2, 0.25) is 0 Å². The highest BCUT2D eigenvalue weighted by atomic mass is 16.2. The van der Waals surface area contributed by atoms with Crippen LogP contribution in [0.15, 0.2) is 0 Å². The molecule has 0 aromatic rings. The van der Waals surface area contributed by atoms with E-state index in [1.807, 2.05) is 0 Å². The van der Waals surface area contributed by atoms with Gasteiger partial charge in [-0.2, -0.15) is 0 Å². The molecule has 5 fully saturated rings. The molecule has 5 heterocycles. The Bertz CT molecular complexity index is 498. The first-order chi connectivity index (χ1) is 11.8. The second kappa shape index (κ2) is 6.17. The van der Waals surface area contributed by atoms with Crippen molar-refractivity contribution in [2.75, 3.05) is 39.3 Å². The zero-order valence-electron chi connectivity index (χ0n) is 14.8. The molecule has 5 nitrogen and oxygen atoms in total. The molecular formula is C19H32N4O. The maximum absolute atomic E-state index is 12.8. The van der Waals surface area contributed by atoms with Gasteiger partial charge in [0.05, 0.1) is 0 Å². The van der Waals surface area contributed by atoms with Crippen molar-refractivity contribution in [3.8, 4) is 0 Å². The van der Waals surface area contributed by atoms with Crippen molar-refractivity contribution in [1.82, 2.24) is 20.0 Å². The first-order valence-corrected chi connectivity index (χ1v) is 10.3. The lowest BCUT2D eigenvalue weighted by atomic mass is 9.90. The summed E-state index contributed by atoms with van der Waals surface area (Å²) in [4.78, 5) is 20.3. The van der Waals surface area contributed by atoms with Gasteiger partial charge >= 0.3 is 6.03 Å². The summed E-state index contributed by atoms with van der Waals surface area (Å²) in [6.45, 7) is 6.94. The molecule has 0 unspecified atom stereocenters. The second-order valence-corrected chi connectivity index (χ2v) is 8.83. The number of carbonyl (C=O) groups excluding carboxylic acids is 1. The Labute approximate surface area is 145 Å². The average Bonchev–Trinajstić information content (AvgIpc) is 3.27. The minimum atomic E-state index is 0.226. The van der Waals surface area contributed by atoms with E-state index in [2.05, 4.69) is 20.0 Å². The van der Waals surface area contributed by atoms with E-state index in [4.69, 9.17) is 0 Å². The molecule has 0 saturated carbocycles. The van der Waals surface area contributed by atoms with E-state index in [9.17, 15) is 4.79 Å². The van der Waals surface area contributed by atoms with Crippen molar-refractivity contribution in [2.24, 2.45) is 11.8 Å². The van der Waals surface area contributed by atoms with Crippen molar-refractivity contribution in [3.63, 3.8) is 0 Å². The summed E-state index contributed by atoms with van der Waals surface area (Å²) in [5.41, 5.74) is 0. The number of carbonyl (C=O) groups is 1. The van der Waals surface area contributed by atoms with Crippen molar-refractivity contribution in [3.05, 3.63) is 0 Å². The van der Waals surface area contributed by atoms with Gasteiger partial charge in [-0.15, -0.1) is 0 Å². The number of urea groups is 1. The highest BCUT2D eigenvalue weighted by Crippen LogP contribution is 2.40. The maximum atomic E-state index is 12.8. The summed E-state index contributed by atoms with van der Waals surface area (Å²) >= 11 is 0. The van der Waals surface area contributed by atoms with Crippen LogP contribution < -0.4 is 5.32 Å². The number of amides is 2. The van der Waals surface area contributed by atoms with Crippen molar-refractivity contribution in [1.29, 1.82) is 0 Å². The average molecular weight is 332 g/mol. The third-order valence-electron chi connectivity index (χ3n) is 7.57. The van der Waals surface area contributed by atoms with Gasteiger partial charge in [-0.1, -0.05) is 12.8 Å². The molecule has 5 rings (SSSR count). The number of hydrogen-bond donors (Lipinski definition) is 1. The lowest BCUT2D eigenvalue weighted by molar-refractivity contribution is 0.149. The fourth-order valence-electron chi connectivity index (χ4n) is 6.39. The molecular weight excluding hydrogens is 300 g/mol. The zero-order valence-corrected chi connectivity index (χ0v) is 14.8. The Morgan fingerprint density at radius 2 is 1.58 bits per heavy atom. The lowest BCUT2D eigenvalue weighted by Crippen LogP contribution is -2.51. The quantitative estimate of drug-likeness (QED) is 0.795. The summed E-state index contributed by atoms with van der Waals surface area (Å²) in [6, 6.07) is 1.99. The fraction of sp³-hybridized carbons (Fsp3) is 0.947. The predicted molar refractivity (Wildman–Crippen MR) is 93.9 cm³/mol. The molecule has 134 valence electrons. The van der Waals surface area contributed by atoms with Crippen LogP contribution in [-0.4, -0.2) is 78.1 Å². The molecule has 5 saturated heterocycles. The van der Waals surface area contributed by atoms with Gasteiger partial charge in [-0.05, 0) is 57.0 Å². The van der Waals surface area contributed by atoms with Crippen molar-refractivity contribution >= 4 is 6.03 Å². The fourth-order valence-corrected chi connectivity index (χ4v) is 6.39. The summed E-state index contributed by atoms with van der Waals surface area (Å²) in [5, 5.41) is 3.41. The van der Waals surface area contributed by atoms with Gasteiger partial charge in [-0.25, -0.2) is 4.79 Å². The predicted octanol–water partition coefficient (Wildman–Crippen LogP) is 1.74. The smallest absolute Gasteiger partial charge is 0.317 e. The molecule has 2 amide bonds. The third kappa shape index (κ3) is 2.55. The van der Waals surface area contributed by atoms with Crippen LogP contribution in [0.1, 0.15) is 44.9 Å². The number of likely N-dealkylation sites (tertiary alicyclic amines) is 1. The number of nitrogens with one attached hydrogen (secondary N) is 1. The van der Waals surface area contributed by atoms with Crippen LogP contribution in [0.25, 0.3) is 0 Å². The van der Waals surface area contributed by atoms with Gasteiger partial charge in [0.25, 0.3) is 0 Å². The van der Waals surface area contributed by atoms with Crippen LogP contribution >= 0.6 is 0 Å². The van der Waals surface area contributed by atoms with E-state index >= 15 is 0 Å². The molecule has 0 aromatic heterocycles. The first kappa shape index (κ1) is 15.4. The number of hydrogen-bond acceptors (Lipinski definition) is 3. The summed E-state index contributed by atoms with van der Waals surface area (Å²) in [5.74, 6) is 1.47. The molecule has 0 aromatic carbocycles. The van der Waals surface area contributed by atoms with Crippen molar-refractivity contribution in [2.45, 2.75) is 63.1 Å². The summed E-state index contributed by atoms with van der Waals surface area (Å²) in [7, 11) is 0. The largest absolute Gasteiger partial charge is 0.334 e. The van der Waals surface area contributed by atoms with Crippen LogP contribution in [-0.2, 0) is 0 Å². The minimum Gasteiger partial charge on any atom is -0.334 e. The zero-order chi connectivity index (χ0) is 16.1. The molecule has 0 spiro atoms. The minimum absolute atomic E-state index is 0.226. The molecule has 0 radical (unpaired) electrons. The molecule has 5 aliphatic heterocycles. The van der Waals surface area contributed by atoms with Crippen molar-refractivity contribution < 1.29 is 4.79 Å². The highest BCUT2D eigenvalue weighted by Gasteiger charge is 2.48.